The summed E-state index contributed by atoms with van der Waals surface area (Å²) in [5, 5.41) is 8.49. The van der Waals surface area contributed by atoms with Gasteiger partial charge in [-0.2, -0.15) is 0 Å². The molecule has 2 fully saturated rings. The van der Waals surface area contributed by atoms with E-state index in [2.05, 4.69) is 10.2 Å². The zero-order chi connectivity index (χ0) is 18.6. The lowest BCUT2D eigenvalue weighted by Crippen LogP contribution is -2.48. The second-order valence-electron chi connectivity index (χ2n) is 7.14. The third-order valence-corrected chi connectivity index (χ3v) is 6.32. The monoisotopic (exact) mass is 380 g/mol. The van der Waals surface area contributed by atoms with Gasteiger partial charge in [0.1, 0.15) is 0 Å². The Morgan fingerprint density at radius 3 is 2.27 bits per heavy atom. The van der Waals surface area contributed by atoms with E-state index in [1.807, 2.05) is 4.90 Å². The maximum absolute atomic E-state index is 12.5. The number of hydrogen-bond donors (Lipinski definition) is 2. The minimum Gasteiger partial charge on any atom is -0.368 e. The Bertz CT molecular complexity index is 706. The average molecular weight is 381 g/mol. The van der Waals surface area contributed by atoms with Gasteiger partial charge in [0.05, 0.1) is 4.90 Å². The average Bonchev–Trinajstić information content (AvgIpc) is 2.66. The first-order valence-electron chi connectivity index (χ1n) is 9.30. The van der Waals surface area contributed by atoms with Crippen molar-refractivity contribution in [1.29, 1.82) is 0 Å². The third kappa shape index (κ3) is 4.96. The van der Waals surface area contributed by atoms with Crippen LogP contribution in [0, 0.1) is 5.92 Å². The molecule has 0 bridgehead atoms. The number of anilines is 1. The van der Waals surface area contributed by atoms with Crippen molar-refractivity contribution in [3.05, 3.63) is 24.3 Å². The summed E-state index contributed by atoms with van der Waals surface area (Å²) in [5.74, 6) is 0.937. The lowest BCUT2D eigenvalue weighted by atomic mass is 9.93. The minimum atomic E-state index is -3.66. The molecule has 144 valence electrons. The number of hydrogen-bond acceptors (Lipinski definition) is 5. The maximum Gasteiger partial charge on any atom is 0.238 e. The molecule has 1 aromatic rings. The van der Waals surface area contributed by atoms with Gasteiger partial charge in [-0.1, -0.05) is 0 Å². The van der Waals surface area contributed by atoms with Crippen LogP contribution in [-0.2, 0) is 14.8 Å². The highest BCUT2D eigenvalue weighted by Gasteiger charge is 2.23. The van der Waals surface area contributed by atoms with Crippen LogP contribution in [-0.4, -0.2) is 58.5 Å². The molecule has 3 rings (SSSR count). The predicted molar refractivity (Wildman–Crippen MR) is 101 cm³/mol. The second kappa shape index (κ2) is 8.37. The third-order valence-electron chi connectivity index (χ3n) is 5.39. The van der Waals surface area contributed by atoms with Crippen molar-refractivity contribution in [2.45, 2.75) is 30.6 Å². The van der Waals surface area contributed by atoms with E-state index in [1.165, 1.54) is 25.0 Å². The fourth-order valence-corrected chi connectivity index (χ4v) is 4.23. The summed E-state index contributed by atoms with van der Waals surface area (Å²) in [6, 6.07) is 6.60. The number of benzene rings is 1. The van der Waals surface area contributed by atoms with E-state index in [9.17, 15) is 13.2 Å². The number of nitrogens with two attached hydrogens (primary N) is 1. The predicted octanol–water partition coefficient (Wildman–Crippen LogP) is 0.762. The van der Waals surface area contributed by atoms with Crippen molar-refractivity contribution in [3.63, 3.8) is 0 Å². The highest BCUT2D eigenvalue weighted by molar-refractivity contribution is 7.89. The van der Waals surface area contributed by atoms with E-state index >= 15 is 0 Å². The van der Waals surface area contributed by atoms with Crippen LogP contribution in [0.1, 0.15) is 25.7 Å². The van der Waals surface area contributed by atoms with Crippen molar-refractivity contribution in [2.75, 3.05) is 44.2 Å². The van der Waals surface area contributed by atoms with Crippen molar-refractivity contribution < 1.29 is 13.2 Å². The number of rotatable bonds is 5. The smallest absolute Gasteiger partial charge is 0.238 e. The van der Waals surface area contributed by atoms with Gasteiger partial charge in [0.25, 0.3) is 0 Å². The van der Waals surface area contributed by atoms with Crippen LogP contribution < -0.4 is 15.4 Å². The maximum atomic E-state index is 12.5. The molecule has 0 saturated carbocycles. The van der Waals surface area contributed by atoms with Crippen LogP contribution in [0.4, 0.5) is 5.69 Å². The lowest BCUT2D eigenvalue weighted by molar-refractivity contribution is -0.131. The van der Waals surface area contributed by atoms with Crippen molar-refractivity contribution in [3.8, 4) is 0 Å². The van der Waals surface area contributed by atoms with E-state index in [0.717, 1.165) is 38.3 Å². The zero-order valence-electron chi connectivity index (χ0n) is 15.1. The fourth-order valence-electron chi connectivity index (χ4n) is 3.72. The molecule has 2 aliphatic rings. The molecule has 8 heteroatoms. The van der Waals surface area contributed by atoms with Gasteiger partial charge in [-0.3, -0.25) is 4.79 Å². The van der Waals surface area contributed by atoms with Gasteiger partial charge in [0.2, 0.25) is 15.9 Å². The Morgan fingerprint density at radius 2 is 1.69 bits per heavy atom. The molecular formula is C18H28N4O3S. The van der Waals surface area contributed by atoms with Gasteiger partial charge in [-0.15, -0.1) is 0 Å². The van der Waals surface area contributed by atoms with Crippen LogP contribution in [0.2, 0.25) is 0 Å². The Hall–Kier alpha value is -1.64. The highest BCUT2D eigenvalue weighted by atomic mass is 32.2. The number of sulfonamides is 1. The number of piperidine rings is 1. The molecular weight excluding hydrogens is 352 g/mol. The lowest BCUT2D eigenvalue weighted by Gasteiger charge is -2.36. The quantitative estimate of drug-likeness (QED) is 0.786. The van der Waals surface area contributed by atoms with Crippen molar-refractivity contribution in [2.24, 2.45) is 11.1 Å². The molecule has 2 saturated heterocycles. The molecule has 0 aliphatic carbocycles. The van der Waals surface area contributed by atoms with Gasteiger partial charge < -0.3 is 15.1 Å². The topological polar surface area (TPSA) is 95.7 Å². The highest BCUT2D eigenvalue weighted by Crippen LogP contribution is 2.21. The first kappa shape index (κ1) is 19.1. The second-order valence-corrected chi connectivity index (χ2v) is 8.70. The molecule has 0 unspecified atom stereocenters. The number of amides is 1. The molecule has 2 heterocycles. The van der Waals surface area contributed by atoms with Crippen molar-refractivity contribution >= 4 is 21.6 Å². The Balaban J connectivity index is 1.46. The largest absolute Gasteiger partial charge is 0.368 e. The Labute approximate surface area is 155 Å². The SMILES string of the molecule is NS(=O)(=O)c1ccc(N2CCN(C(=O)CCC3CCNCC3)CC2)cc1. The van der Waals surface area contributed by atoms with E-state index < -0.39 is 10.0 Å². The first-order chi connectivity index (χ1) is 12.4. The summed E-state index contributed by atoms with van der Waals surface area (Å²) in [5.41, 5.74) is 0.958. The summed E-state index contributed by atoms with van der Waals surface area (Å²) in [7, 11) is -3.66. The Morgan fingerprint density at radius 1 is 1.08 bits per heavy atom. The summed E-state index contributed by atoms with van der Waals surface area (Å²) in [6.45, 7) is 5.08. The van der Waals surface area contributed by atoms with Crippen LogP contribution in [0.15, 0.2) is 29.2 Å². The normalized spacial score (nSPS) is 19.6. The zero-order valence-corrected chi connectivity index (χ0v) is 15.9. The molecule has 0 atom stereocenters. The van der Waals surface area contributed by atoms with E-state index in [-0.39, 0.29) is 10.8 Å². The first-order valence-corrected chi connectivity index (χ1v) is 10.8. The molecule has 26 heavy (non-hydrogen) atoms. The number of nitrogens with zero attached hydrogens (tertiary/aromatic N) is 2. The van der Waals surface area contributed by atoms with Crippen molar-refractivity contribution in [1.82, 2.24) is 10.2 Å². The van der Waals surface area contributed by atoms with Gasteiger partial charge in [-0.05, 0) is 62.5 Å². The van der Waals surface area contributed by atoms with Gasteiger partial charge in [0.15, 0.2) is 0 Å². The van der Waals surface area contributed by atoms with Crippen LogP contribution >= 0.6 is 0 Å². The van der Waals surface area contributed by atoms with Gasteiger partial charge in [0, 0.05) is 38.3 Å². The standard InChI is InChI=1S/C18H28N4O3S/c19-26(24,25)17-4-2-16(3-5-17)21-11-13-22(14-12-21)18(23)6-1-15-7-9-20-10-8-15/h2-5,15,20H,1,6-14H2,(H2,19,24,25). The number of carbonyl (C=O) groups excluding carboxylic acids is 1. The molecule has 3 N–H and O–H groups in total. The van der Waals surface area contributed by atoms with E-state index in [1.54, 1.807) is 12.1 Å². The number of piperazine rings is 1. The molecule has 0 radical (unpaired) electrons. The molecule has 1 aromatic carbocycles. The van der Waals surface area contributed by atoms with Crippen LogP contribution in [0.3, 0.4) is 0 Å². The Kier molecular flexibility index (Phi) is 6.16. The molecule has 1 amide bonds. The summed E-state index contributed by atoms with van der Waals surface area (Å²) in [4.78, 5) is 16.7. The number of nitrogens with one attached hydrogen (secondary N) is 1. The number of primary sulfonamides is 1. The summed E-state index contributed by atoms with van der Waals surface area (Å²) < 4.78 is 22.7. The number of carbonyl (C=O) groups is 1. The van der Waals surface area contributed by atoms with Crippen LogP contribution in [0.25, 0.3) is 0 Å². The van der Waals surface area contributed by atoms with E-state index in [0.29, 0.717) is 25.4 Å². The molecule has 0 spiro atoms. The molecule has 2 aliphatic heterocycles. The fraction of sp³-hybridized carbons (Fsp3) is 0.611. The summed E-state index contributed by atoms with van der Waals surface area (Å²) >= 11 is 0. The summed E-state index contributed by atoms with van der Waals surface area (Å²) in [6.07, 6.45) is 3.99. The molecule has 7 nitrogen and oxygen atoms in total. The van der Waals surface area contributed by atoms with Crippen LogP contribution in [0.5, 0.6) is 0 Å². The minimum absolute atomic E-state index is 0.118. The van der Waals surface area contributed by atoms with Gasteiger partial charge in [-0.25, -0.2) is 13.6 Å². The van der Waals surface area contributed by atoms with E-state index in [4.69, 9.17) is 5.14 Å². The molecule has 0 aromatic heterocycles. The van der Waals surface area contributed by atoms with Gasteiger partial charge >= 0.3 is 0 Å².